The lowest BCUT2D eigenvalue weighted by Gasteiger charge is -2.22. The van der Waals surface area contributed by atoms with Crippen molar-refractivity contribution in [3.63, 3.8) is 0 Å². The molecule has 0 saturated heterocycles. The van der Waals surface area contributed by atoms with Crippen molar-refractivity contribution in [3.05, 3.63) is 35.9 Å². The van der Waals surface area contributed by atoms with Gasteiger partial charge in [-0.1, -0.05) is 44.2 Å². The minimum absolute atomic E-state index is 0.101. The van der Waals surface area contributed by atoms with Crippen molar-refractivity contribution in [2.75, 3.05) is 47.3 Å². The predicted molar refractivity (Wildman–Crippen MR) is 110 cm³/mol. The Labute approximate surface area is 174 Å². The molecule has 0 bridgehead atoms. The topological polar surface area (TPSA) is 74.3 Å². The summed E-state index contributed by atoms with van der Waals surface area (Å²) in [5, 5.41) is 0. The zero-order valence-electron chi connectivity index (χ0n) is 18.1. The fourth-order valence-corrected chi connectivity index (χ4v) is 2.69. The number of hydrogen-bond acceptors (Lipinski definition) is 6. The summed E-state index contributed by atoms with van der Waals surface area (Å²) in [5.74, 6) is -0.592. The van der Waals surface area contributed by atoms with Gasteiger partial charge in [0.15, 0.2) is 0 Å². The van der Waals surface area contributed by atoms with Crippen LogP contribution in [0.2, 0.25) is 0 Å². The van der Waals surface area contributed by atoms with Gasteiger partial charge in [-0.05, 0) is 17.9 Å². The van der Waals surface area contributed by atoms with Crippen molar-refractivity contribution in [2.45, 2.75) is 33.3 Å². The molecule has 1 amide bonds. The Hall–Kier alpha value is -1.96. The van der Waals surface area contributed by atoms with Crippen LogP contribution >= 0.6 is 0 Å². The summed E-state index contributed by atoms with van der Waals surface area (Å²) in [5.41, 5.74) is 0.928. The monoisotopic (exact) mass is 409 g/mol. The van der Waals surface area contributed by atoms with Gasteiger partial charge >= 0.3 is 5.97 Å². The van der Waals surface area contributed by atoms with Gasteiger partial charge in [-0.25, -0.2) is 0 Å². The highest BCUT2D eigenvalue weighted by molar-refractivity contribution is 5.83. The van der Waals surface area contributed by atoms with Crippen LogP contribution < -0.4 is 0 Å². The van der Waals surface area contributed by atoms with Crippen LogP contribution in [-0.2, 0) is 35.1 Å². The Morgan fingerprint density at radius 1 is 1.03 bits per heavy atom. The summed E-state index contributed by atoms with van der Waals surface area (Å²) in [6, 6.07) is 9.53. The summed E-state index contributed by atoms with van der Waals surface area (Å²) >= 11 is 0. The van der Waals surface area contributed by atoms with Crippen LogP contribution in [0.4, 0.5) is 0 Å². The Balaban J connectivity index is 2.41. The Morgan fingerprint density at radius 3 is 2.38 bits per heavy atom. The minimum Gasteiger partial charge on any atom is -0.461 e. The maximum atomic E-state index is 12.6. The fourth-order valence-electron chi connectivity index (χ4n) is 2.69. The molecule has 29 heavy (non-hydrogen) atoms. The summed E-state index contributed by atoms with van der Waals surface area (Å²) < 4.78 is 20.9. The minimum atomic E-state index is -0.452. The van der Waals surface area contributed by atoms with Crippen molar-refractivity contribution >= 4 is 11.9 Å². The molecule has 0 aromatic heterocycles. The molecule has 7 nitrogen and oxygen atoms in total. The summed E-state index contributed by atoms with van der Waals surface area (Å²) in [6.07, 6.45) is 0.740. The molecule has 0 radical (unpaired) electrons. The van der Waals surface area contributed by atoms with E-state index in [1.54, 1.807) is 19.1 Å². The van der Waals surface area contributed by atoms with E-state index < -0.39 is 5.92 Å². The van der Waals surface area contributed by atoms with Crippen molar-refractivity contribution < 1.29 is 28.5 Å². The highest BCUT2D eigenvalue weighted by atomic mass is 16.7. The van der Waals surface area contributed by atoms with Gasteiger partial charge in [0.05, 0.1) is 25.7 Å². The molecule has 0 aliphatic carbocycles. The van der Waals surface area contributed by atoms with Gasteiger partial charge in [-0.15, -0.1) is 0 Å². The van der Waals surface area contributed by atoms with Gasteiger partial charge in [0.2, 0.25) is 5.91 Å². The third-order valence-electron chi connectivity index (χ3n) is 4.33. The molecule has 1 aromatic rings. The lowest BCUT2D eigenvalue weighted by Crippen LogP contribution is -2.34. The second kappa shape index (κ2) is 15.0. The molecule has 1 aromatic carbocycles. The third-order valence-corrected chi connectivity index (χ3v) is 4.33. The van der Waals surface area contributed by atoms with Crippen molar-refractivity contribution in [1.82, 2.24) is 4.90 Å². The number of carbonyl (C=O) groups is 2. The molecule has 0 heterocycles. The quantitative estimate of drug-likeness (QED) is 0.252. The first-order valence-corrected chi connectivity index (χ1v) is 10.0. The summed E-state index contributed by atoms with van der Waals surface area (Å²) in [6.45, 7) is 6.21. The number of benzene rings is 1. The van der Waals surface area contributed by atoms with Gasteiger partial charge in [0.25, 0.3) is 0 Å². The zero-order valence-corrected chi connectivity index (χ0v) is 18.1. The molecule has 1 atom stereocenters. The second-order valence-corrected chi connectivity index (χ2v) is 7.37. The van der Waals surface area contributed by atoms with E-state index >= 15 is 0 Å². The van der Waals surface area contributed by atoms with Crippen LogP contribution in [0.5, 0.6) is 0 Å². The fraction of sp³-hybridized carbons (Fsp3) is 0.636. The Morgan fingerprint density at radius 2 is 1.72 bits per heavy atom. The number of rotatable bonds is 15. The number of methoxy groups -OCH3 is 1. The van der Waals surface area contributed by atoms with Crippen LogP contribution in [0.1, 0.15) is 32.3 Å². The molecule has 0 saturated carbocycles. The van der Waals surface area contributed by atoms with Gasteiger partial charge in [-0.3, -0.25) is 9.59 Å². The predicted octanol–water partition coefficient (Wildman–Crippen LogP) is 2.88. The van der Waals surface area contributed by atoms with E-state index in [9.17, 15) is 9.59 Å². The average Bonchev–Trinajstić information content (AvgIpc) is 2.71. The molecule has 0 fully saturated rings. The number of carbonyl (C=O) groups excluding carboxylic acids is 2. The lowest BCUT2D eigenvalue weighted by molar-refractivity contribution is -0.153. The zero-order chi connectivity index (χ0) is 21.5. The van der Waals surface area contributed by atoms with Crippen molar-refractivity contribution in [1.29, 1.82) is 0 Å². The van der Waals surface area contributed by atoms with Crippen molar-refractivity contribution in [2.24, 2.45) is 11.8 Å². The Bertz CT molecular complexity index is 578. The van der Waals surface area contributed by atoms with Gasteiger partial charge in [0.1, 0.15) is 13.4 Å². The van der Waals surface area contributed by atoms with Gasteiger partial charge in [0, 0.05) is 27.1 Å². The molecular weight excluding hydrogens is 374 g/mol. The maximum absolute atomic E-state index is 12.6. The lowest BCUT2D eigenvalue weighted by atomic mass is 9.93. The average molecular weight is 410 g/mol. The number of amides is 1. The first-order chi connectivity index (χ1) is 13.9. The molecule has 7 heteroatoms. The van der Waals surface area contributed by atoms with E-state index in [1.165, 1.54) is 0 Å². The number of esters is 1. The van der Waals surface area contributed by atoms with E-state index in [2.05, 4.69) is 0 Å². The molecule has 0 unspecified atom stereocenters. The number of likely N-dealkylation sites (N-methyl/N-ethyl adjacent to an activating group) is 1. The molecule has 164 valence electrons. The highest BCUT2D eigenvalue weighted by Crippen LogP contribution is 2.19. The third kappa shape index (κ3) is 11.6. The molecule has 0 aliphatic rings. The summed E-state index contributed by atoms with van der Waals surface area (Å²) in [7, 11) is 3.31. The standard InChI is InChI=1S/C22H35NO6/c1-18(2)14-20(22(25)29-16-19-8-6-5-7-9-19)15-21(24)23(3)10-11-27-17-28-13-12-26-4/h5-9,18,20H,10-17H2,1-4H3/t20-/m1/s1. The molecule has 0 N–H and O–H groups in total. The highest BCUT2D eigenvalue weighted by Gasteiger charge is 2.26. The molecule has 0 aliphatic heterocycles. The van der Waals surface area contributed by atoms with Crippen LogP contribution in [0.15, 0.2) is 30.3 Å². The molecular formula is C22H35NO6. The SMILES string of the molecule is COCCOCOCCN(C)C(=O)C[C@@H](CC(C)C)C(=O)OCc1ccccc1. The first kappa shape index (κ1) is 25.1. The van der Waals surface area contributed by atoms with Crippen LogP contribution in [-0.4, -0.2) is 64.1 Å². The summed E-state index contributed by atoms with van der Waals surface area (Å²) in [4.78, 5) is 26.7. The maximum Gasteiger partial charge on any atom is 0.309 e. The van der Waals surface area contributed by atoms with E-state index in [4.69, 9.17) is 18.9 Å². The largest absolute Gasteiger partial charge is 0.461 e. The molecule has 0 spiro atoms. The second-order valence-electron chi connectivity index (χ2n) is 7.37. The van der Waals surface area contributed by atoms with Crippen molar-refractivity contribution in [3.8, 4) is 0 Å². The smallest absolute Gasteiger partial charge is 0.309 e. The number of nitrogens with zero attached hydrogens (tertiary/aromatic N) is 1. The van der Waals surface area contributed by atoms with Crippen LogP contribution in [0.3, 0.4) is 0 Å². The number of ether oxygens (including phenoxy) is 4. The normalized spacial score (nSPS) is 12.0. The Kier molecular flexibility index (Phi) is 12.9. The van der Waals surface area contributed by atoms with E-state index in [-0.39, 0.29) is 37.6 Å². The molecule has 1 rings (SSSR count). The van der Waals surface area contributed by atoms with Gasteiger partial charge in [-0.2, -0.15) is 0 Å². The van der Waals surface area contributed by atoms with E-state index in [0.29, 0.717) is 32.8 Å². The van der Waals surface area contributed by atoms with E-state index in [0.717, 1.165) is 5.56 Å². The van der Waals surface area contributed by atoms with Gasteiger partial charge < -0.3 is 23.8 Å². The first-order valence-electron chi connectivity index (χ1n) is 10.0. The number of hydrogen-bond donors (Lipinski definition) is 0. The van der Waals surface area contributed by atoms with E-state index in [1.807, 2.05) is 44.2 Å². The van der Waals surface area contributed by atoms with Crippen LogP contribution in [0, 0.1) is 11.8 Å². The van der Waals surface area contributed by atoms with Crippen LogP contribution in [0.25, 0.3) is 0 Å².